The summed E-state index contributed by atoms with van der Waals surface area (Å²) in [4.78, 5) is 22.8. The highest BCUT2D eigenvalue weighted by Gasteiger charge is 2.14. The molecule has 26 heavy (non-hydrogen) atoms. The van der Waals surface area contributed by atoms with E-state index in [0.717, 1.165) is 24.8 Å². The molecular formula is C18H22ClN3O4. The predicted octanol–water partition coefficient (Wildman–Crippen LogP) is 3.15. The monoisotopic (exact) mass is 379 g/mol. The van der Waals surface area contributed by atoms with Crippen molar-refractivity contribution in [1.29, 1.82) is 0 Å². The van der Waals surface area contributed by atoms with Gasteiger partial charge in [-0.25, -0.2) is 5.10 Å². The van der Waals surface area contributed by atoms with Crippen LogP contribution in [-0.2, 0) is 16.1 Å². The number of esters is 1. The lowest BCUT2D eigenvalue weighted by atomic mass is 10.2. The maximum Gasteiger partial charge on any atom is 0.305 e. The van der Waals surface area contributed by atoms with Gasteiger partial charge < -0.3 is 14.8 Å². The number of H-pyrrole nitrogens is 1. The van der Waals surface area contributed by atoms with Gasteiger partial charge in [0.2, 0.25) is 0 Å². The first-order chi connectivity index (χ1) is 12.6. The molecule has 0 atom stereocenters. The van der Waals surface area contributed by atoms with E-state index >= 15 is 0 Å². The van der Waals surface area contributed by atoms with E-state index in [1.165, 1.54) is 7.11 Å². The number of nitrogens with zero attached hydrogens (tertiary/aromatic N) is 1. The Labute approximate surface area is 156 Å². The van der Waals surface area contributed by atoms with Crippen LogP contribution < -0.4 is 15.6 Å². The zero-order chi connectivity index (χ0) is 18.8. The molecule has 0 aliphatic heterocycles. The first kappa shape index (κ1) is 19.8. The summed E-state index contributed by atoms with van der Waals surface area (Å²) >= 11 is 6.10. The number of rotatable bonds is 10. The summed E-state index contributed by atoms with van der Waals surface area (Å²) in [6.45, 7) is 0.887. The van der Waals surface area contributed by atoms with Gasteiger partial charge in [-0.2, -0.15) is 0 Å². The Hall–Kier alpha value is -2.54. The van der Waals surface area contributed by atoms with Gasteiger partial charge in [0.1, 0.15) is 10.7 Å². The first-order valence-electron chi connectivity index (χ1n) is 8.37. The number of benzene rings is 1. The SMILES string of the molecule is COC(=O)CCCCCOc1n[nH]c(=O)c(Cl)c1NCc1ccccc1. The molecule has 140 valence electrons. The van der Waals surface area contributed by atoms with Crippen LogP contribution >= 0.6 is 11.6 Å². The zero-order valence-corrected chi connectivity index (χ0v) is 15.3. The molecule has 1 aromatic heterocycles. The van der Waals surface area contributed by atoms with E-state index in [1.807, 2.05) is 30.3 Å². The number of hydrogen-bond acceptors (Lipinski definition) is 6. The summed E-state index contributed by atoms with van der Waals surface area (Å²) in [5.74, 6) is 0.0332. The molecule has 0 fully saturated rings. The fourth-order valence-electron chi connectivity index (χ4n) is 2.28. The summed E-state index contributed by atoms with van der Waals surface area (Å²) in [7, 11) is 1.38. The van der Waals surface area contributed by atoms with Crippen LogP contribution in [0.1, 0.15) is 31.2 Å². The standard InChI is InChI=1S/C18H22ClN3O4/c1-25-14(23)10-6-3-7-11-26-18-16(15(19)17(24)21-22-18)20-12-13-8-4-2-5-9-13/h2,4-5,8-9H,3,6-7,10-12H2,1H3,(H2,20,21,24). The molecule has 0 saturated heterocycles. The molecule has 0 radical (unpaired) electrons. The van der Waals surface area contributed by atoms with Gasteiger partial charge in [-0.05, 0) is 24.8 Å². The Bertz CT molecular complexity index is 765. The summed E-state index contributed by atoms with van der Waals surface area (Å²) in [6.07, 6.45) is 2.69. The van der Waals surface area contributed by atoms with Gasteiger partial charge in [0.25, 0.3) is 11.4 Å². The molecule has 0 aliphatic rings. The van der Waals surface area contributed by atoms with E-state index in [2.05, 4.69) is 20.3 Å². The highest BCUT2D eigenvalue weighted by molar-refractivity contribution is 6.33. The average molecular weight is 380 g/mol. The molecule has 0 spiro atoms. The fraction of sp³-hybridized carbons (Fsp3) is 0.389. The molecule has 0 saturated carbocycles. The van der Waals surface area contributed by atoms with Gasteiger partial charge in [0, 0.05) is 13.0 Å². The number of carbonyl (C=O) groups is 1. The second-order valence-electron chi connectivity index (χ2n) is 5.62. The van der Waals surface area contributed by atoms with E-state index in [9.17, 15) is 9.59 Å². The Morgan fingerprint density at radius 2 is 2.00 bits per heavy atom. The average Bonchev–Trinajstić information content (AvgIpc) is 2.67. The molecule has 8 heteroatoms. The molecule has 1 aromatic carbocycles. The predicted molar refractivity (Wildman–Crippen MR) is 99.6 cm³/mol. The lowest BCUT2D eigenvalue weighted by Crippen LogP contribution is -2.15. The number of ether oxygens (including phenoxy) is 2. The van der Waals surface area contributed by atoms with Gasteiger partial charge in [0.15, 0.2) is 0 Å². The summed E-state index contributed by atoms with van der Waals surface area (Å²) < 4.78 is 10.2. The number of aromatic amines is 1. The molecule has 1 heterocycles. The normalized spacial score (nSPS) is 10.4. The first-order valence-corrected chi connectivity index (χ1v) is 8.75. The van der Waals surface area contributed by atoms with Crippen molar-refractivity contribution in [3.63, 3.8) is 0 Å². The van der Waals surface area contributed by atoms with E-state index in [-0.39, 0.29) is 16.9 Å². The Kier molecular flexibility index (Phi) is 7.95. The minimum atomic E-state index is -0.479. The lowest BCUT2D eigenvalue weighted by molar-refractivity contribution is -0.140. The number of hydrogen-bond donors (Lipinski definition) is 2. The van der Waals surface area contributed by atoms with Crippen LogP contribution in [0.5, 0.6) is 5.88 Å². The van der Waals surface area contributed by atoms with E-state index in [0.29, 0.717) is 25.3 Å². The number of methoxy groups -OCH3 is 1. The summed E-state index contributed by atoms with van der Waals surface area (Å²) in [6, 6.07) is 9.72. The number of carbonyl (C=O) groups excluding carboxylic acids is 1. The van der Waals surface area contributed by atoms with Crippen molar-refractivity contribution in [3.8, 4) is 5.88 Å². The fourth-order valence-corrected chi connectivity index (χ4v) is 2.47. The third kappa shape index (κ3) is 6.07. The van der Waals surface area contributed by atoms with Crippen molar-refractivity contribution in [2.75, 3.05) is 19.0 Å². The van der Waals surface area contributed by atoms with Crippen LogP contribution in [0.15, 0.2) is 35.1 Å². The number of nitrogens with one attached hydrogen (secondary N) is 2. The topological polar surface area (TPSA) is 93.3 Å². The summed E-state index contributed by atoms with van der Waals surface area (Å²) in [5.41, 5.74) is 0.930. The minimum Gasteiger partial charge on any atom is -0.475 e. The maximum absolute atomic E-state index is 11.7. The lowest BCUT2D eigenvalue weighted by Gasteiger charge is -2.13. The minimum absolute atomic E-state index is 0.0108. The van der Waals surface area contributed by atoms with Crippen LogP contribution in [0.3, 0.4) is 0 Å². The molecule has 0 bridgehead atoms. The third-order valence-electron chi connectivity index (χ3n) is 3.70. The van der Waals surface area contributed by atoms with Crippen molar-refractivity contribution < 1.29 is 14.3 Å². The second-order valence-corrected chi connectivity index (χ2v) is 6.00. The highest BCUT2D eigenvalue weighted by Crippen LogP contribution is 2.27. The number of unbranched alkanes of at least 4 members (excludes halogenated alkanes) is 2. The van der Waals surface area contributed by atoms with E-state index in [4.69, 9.17) is 16.3 Å². The van der Waals surface area contributed by atoms with Crippen LogP contribution in [0.25, 0.3) is 0 Å². The number of anilines is 1. The van der Waals surface area contributed by atoms with Crippen LogP contribution in [0, 0.1) is 0 Å². The molecule has 0 unspecified atom stereocenters. The smallest absolute Gasteiger partial charge is 0.305 e. The molecule has 2 aromatic rings. The van der Waals surface area contributed by atoms with Crippen molar-refractivity contribution in [2.24, 2.45) is 0 Å². The van der Waals surface area contributed by atoms with Gasteiger partial charge >= 0.3 is 5.97 Å². The van der Waals surface area contributed by atoms with Gasteiger partial charge in [-0.3, -0.25) is 9.59 Å². The largest absolute Gasteiger partial charge is 0.475 e. The summed E-state index contributed by atoms with van der Waals surface area (Å²) in [5, 5.41) is 9.37. The zero-order valence-electron chi connectivity index (χ0n) is 14.6. The number of halogens is 1. The van der Waals surface area contributed by atoms with Gasteiger partial charge in [-0.15, -0.1) is 5.10 Å². The Morgan fingerprint density at radius 1 is 1.23 bits per heavy atom. The third-order valence-corrected chi connectivity index (χ3v) is 4.06. The van der Waals surface area contributed by atoms with Gasteiger partial charge in [-0.1, -0.05) is 41.9 Å². The van der Waals surface area contributed by atoms with E-state index in [1.54, 1.807) is 0 Å². The van der Waals surface area contributed by atoms with Gasteiger partial charge in [0.05, 0.1) is 13.7 Å². The van der Waals surface area contributed by atoms with Crippen molar-refractivity contribution in [3.05, 3.63) is 51.3 Å². The molecule has 0 aliphatic carbocycles. The Morgan fingerprint density at radius 3 is 2.73 bits per heavy atom. The molecule has 0 amide bonds. The molecule has 2 N–H and O–H groups in total. The number of aromatic nitrogens is 2. The van der Waals surface area contributed by atoms with Crippen molar-refractivity contribution >= 4 is 23.3 Å². The van der Waals surface area contributed by atoms with Crippen molar-refractivity contribution in [2.45, 2.75) is 32.2 Å². The Balaban J connectivity index is 1.90. The molecular weight excluding hydrogens is 358 g/mol. The van der Waals surface area contributed by atoms with E-state index < -0.39 is 5.56 Å². The maximum atomic E-state index is 11.7. The van der Waals surface area contributed by atoms with Crippen LogP contribution in [0.2, 0.25) is 5.02 Å². The van der Waals surface area contributed by atoms with Crippen molar-refractivity contribution in [1.82, 2.24) is 10.2 Å². The highest BCUT2D eigenvalue weighted by atomic mass is 35.5. The van der Waals surface area contributed by atoms with Crippen LogP contribution in [0.4, 0.5) is 5.69 Å². The molecule has 2 rings (SSSR count). The second kappa shape index (κ2) is 10.5. The van der Waals surface area contributed by atoms with Crippen LogP contribution in [-0.4, -0.2) is 29.9 Å². The quantitative estimate of drug-likeness (QED) is 0.486. The molecule has 7 nitrogen and oxygen atoms in total.